The Kier molecular flexibility index (Phi) is 10.9. The van der Waals surface area contributed by atoms with Crippen LogP contribution in [0.3, 0.4) is 0 Å². The molecule has 0 saturated heterocycles. The smallest absolute Gasteiger partial charge is 0.243 e. The summed E-state index contributed by atoms with van der Waals surface area (Å²) in [4.78, 5) is 29.1. The number of nitrogens with zero attached hydrogens (tertiary/aromatic N) is 1. The van der Waals surface area contributed by atoms with Crippen LogP contribution in [0.2, 0.25) is 0 Å². The maximum absolute atomic E-state index is 13.8. The first kappa shape index (κ1) is 28.2. The SMILES string of the molecule is CCCCNC(=O)C(Cc1ccccc1)N(Cc1ccc(C)cc1)C(=O)CCc1ccc(C(C)C)cc1. The van der Waals surface area contributed by atoms with E-state index in [-0.39, 0.29) is 11.8 Å². The highest BCUT2D eigenvalue weighted by atomic mass is 16.2. The van der Waals surface area contributed by atoms with Gasteiger partial charge in [0.25, 0.3) is 0 Å². The first-order chi connectivity index (χ1) is 17.9. The van der Waals surface area contributed by atoms with Gasteiger partial charge < -0.3 is 10.2 Å². The van der Waals surface area contributed by atoms with Crippen LogP contribution < -0.4 is 5.32 Å². The van der Waals surface area contributed by atoms with Crippen LogP contribution in [-0.2, 0) is 29.0 Å². The lowest BCUT2D eigenvalue weighted by Crippen LogP contribution is -2.50. The van der Waals surface area contributed by atoms with Crippen LogP contribution in [0.5, 0.6) is 0 Å². The molecule has 3 rings (SSSR count). The molecule has 0 heterocycles. The van der Waals surface area contributed by atoms with E-state index in [0.29, 0.717) is 38.3 Å². The molecule has 4 nitrogen and oxygen atoms in total. The Morgan fingerprint density at radius 3 is 2.11 bits per heavy atom. The van der Waals surface area contributed by atoms with Crippen molar-refractivity contribution in [1.29, 1.82) is 0 Å². The minimum atomic E-state index is -0.573. The number of aryl methyl sites for hydroxylation is 2. The number of carbonyl (C=O) groups is 2. The number of carbonyl (C=O) groups excluding carboxylic acids is 2. The molecule has 0 bridgehead atoms. The second-order valence-electron chi connectivity index (χ2n) is 10.3. The zero-order valence-electron chi connectivity index (χ0n) is 22.9. The number of amides is 2. The molecule has 1 N–H and O–H groups in total. The third-order valence-electron chi connectivity index (χ3n) is 6.85. The fraction of sp³-hybridized carbons (Fsp3) is 0.394. The third-order valence-corrected chi connectivity index (χ3v) is 6.85. The molecule has 0 aromatic heterocycles. The van der Waals surface area contributed by atoms with Crippen molar-refractivity contribution in [2.75, 3.05) is 6.54 Å². The van der Waals surface area contributed by atoms with E-state index in [4.69, 9.17) is 0 Å². The van der Waals surface area contributed by atoms with Gasteiger partial charge in [0.1, 0.15) is 6.04 Å². The predicted octanol–water partition coefficient (Wildman–Crippen LogP) is 6.61. The Balaban J connectivity index is 1.85. The zero-order valence-corrected chi connectivity index (χ0v) is 22.9. The van der Waals surface area contributed by atoms with Crippen molar-refractivity contribution in [3.05, 3.63) is 107 Å². The molecule has 3 aromatic carbocycles. The fourth-order valence-electron chi connectivity index (χ4n) is 4.41. The average molecular weight is 499 g/mol. The molecular formula is C33H42N2O2. The Hall–Kier alpha value is -3.40. The Bertz CT molecular complexity index is 1110. The van der Waals surface area contributed by atoms with E-state index in [1.54, 1.807) is 4.90 Å². The van der Waals surface area contributed by atoms with Crippen molar-refractivity contribution in [2.24, 2.45) is 0 Å². The van der Waals surface area contributed by atoms with E-state index < -0.39 is 6.04 Å². The summed E-state index contributed by atoms with van der Waals surface area (Å²) < 4.78 is 0. The summed E-state index contributed by atoms with van der Waals surface area (Å²) in [5.41, 5.74) is 5.68. The van der Waals surface area contributed by atoms with Gasteiger partial charge >= 0.3 is 0 Å². The molecule has 3 aromatic rings. The van der Waals surface area contributed by atoms with E-state index in [1.165, 1.54) is 11.1 Å². The Morgan fingerprint density at radius 1 is 0.838 bits per heavy atom. The van der Waals surface area contributed by atoms with Crippen LogP contribution in [0.1, 0.15) is 73.8 Å². The summed E-state index contributed by atoms with van der Waals surface area (Å²) in [5, 5.41) is 3.09. The summed E-state index contributed by atoms with van der Waals surface area (Å²) in [6, 6.07) is 26.2. The van der Waals surface area contributed by atoms with E-state index in [1.807, 2.05) is 30.3 Å². The molecule has 0 saturated carbocycles. The van der Waals surface area contributed by atoms with Crippen molar-refractivity contribution in [1.82, 2.24) is 10.2 Å². The third kappa shape index (κ3) is 8.89. The zero-order chi connectivity index (χ0) is 26.6. The topological polar surface area (TPSA) is 49.4 Å². The van der Waals surface area contributed by atoms with Crippen LogP contribution >= 0.6 is 0 Å². The number of benzene rings is 3. The quantitative estimate of drug-likeness (QED) is 0.270. The largest absolute Gasteiger partial charge is 0.354 e. The second kappa shape index (κ2) is 14.4. The summed E-state index contributed by atoms with van der Waals surface area (Å²) in [6.07, 6.45) is 3.42. The van der Waals surface area contributed by atoms with Crippen LogP contribution in [0.15, 0.2) is 78.9 Å². The first-order valence-corrected chi connectivity index (χ1v) is 13.6. The summed E-state index contributed by atoms with van der Waals surface area (Å²) >= 11 is 0. The number of rotatable bonds is 13. The predicted molar refractivity (Wildman–Crippen MR) is 152 cm³/mol. The van der Waals surface area contributed by atoms with Gasteiger partial charge in [0.05, 0.1) is 0 Å². The summed E-state index contributed by atoms with van der Waals surface area (Å²) in [6.45, 7) is 9.55. The standard InChI is InChI=1S/C33H42N2O2/c1-5-6-22-34-33(37)31(23-28-10-8-7-9-11-28)35(24-29-14-12-26(4)13-15-29)32(36)21-18-27-16-19-30(20-17-27)25(2)3/h7-17,19-20,25,31H,5-6,18,21-24H2,1-4H3,(H,34,37). The van der Waals surface area contributed by atoms with Crippen LogP contribution in [0.4, 0.5) is 0 Å². The lowest BCUT2D eigenvalue weighted by molar-refractivity contribution is -0.141. The summed E-state index contributed by atoms with van der Waals surface area (Å²) in [7, 11) is 0. The molecule has 1 atom stereocenters. The monoisotopic (exact) mass is 498 g/mol. The highest BCUT2D eigenvalue weighted by molar-refractivity contribution is 5.88. The number of unbranched alkanes of at least 4 members (excludes halogenated alkanes) is 1. The lowest BCUT2D eigenvalue weighted by atomic mass is 9.99. The van der Waals surface area contributed by atoms with Gasteiger partial charge in [0.15, 0.2) is 0 Å². The molecular weight excluding hydrogens is 456 g/mol. The van der Waals surface area contributed by atoms with Crippen LogP contribution in [0.25, 0.3) is 0 Å². The molecule has 0 aliphatic rings. The number of hydrogen-bond acceptors (Lipinski definition) is 2. The van der Waals surface area contributed by atoms with Gasteiger partial charge in [-0.25, -0.2) is 0 Å². The van der Waals surface area contributed by atoms with Crippen molar-refractivity contribution in [3.63, 3.8) is 0 Å². The first-order valence-electron chi connectivity index (χ1n) is 13.6. The van der Waals surface area contributed by atoms with E-state index >= 15 is 0 Å². The molecule has 196 valence electrons. The molecule has 0 aliphatic carbocycles. The van der Waals surface area contributed by atoms with E-state index in [2.05, 4.69) is 81.5 Å². The normalized spacial score (nSPS) is 11.8. The number of nitrogens with one attached hydrogen (secondary N) is 1. The molecule has 0 aliphatic heterocycles. The Morgan fingerprint density at radius 2 is 1.49 bits per heavy atom. The van der Waals surface area contributed by atoms with Gasteiger partial charge in [-0.2, -0.15) is 0 Å². The van der Waals surface area contributed by atoms with Gasteiger partial charge in [0.2, 0.25) is 11.8 Å². The van der Waals surface area contributed by atoms with Gasteiger partial charge in [-0.3, -0.25) is 9.59 Å². The fourth-order valence-corrected chi connectivity index (χ4v) is 4.41. The Labute approximate surface area is 223 Å². The van der Waals surface area contributed by atoms with Crippen molar-refractivity contribution in [2.45, 2.75) is 78.3 Å². The average Bonchev–Trinajstić information content (AvgIpc) is 2.91. The molecule has 0 radical (unpaired) electrons. The van der Waals surface area contributed by atoms with Crippen molar-refractivity contribution < 1.29 is 9.59 Å². The molecule has 1 unspecified atom stereocenters. The summed E-state index contributed by atoms with van der Waals surface area (Å²) in [5.74, 6) is 0.393. The van der Waals surface area contributed by atoms with Crippen molar-refractivity contribution in [3.8, 4) is 0 Å². The second-order valence-corrected chi connectivity index (χ2v) is 10.3. The number of hydrogen-bond donors (Lipinski definition) is 1. The molecule has 0 fully saturated rings. The van der Waals surface area contributed by atoms with Crippen LogP contribution in [0, 0.1) is 6.92 Å². The molecule has 2 amide bonds. The van der Waals surface area contributed by atoms with Gasteiger partial charge in [-0.05, 0) is 47.9 Å². The maximum Gasteiger partial charge on any atom is 0.243 e. The van der Waals surface area contributed by atoms with Crippen molar-refractivity contribution >= 4 is 11.8 Å². The van der Waals surface area contributed by atoms with E-state index in [9.17, 15) is 9.59 Å². The highest BCUT2D eigenvalue weighted by Crippen LogP contribution is 2.19. The van der Waals surface area contributed by atoms with E-state index in [0.717, 1.165) is 29.5 Å². The van der Waals surface area contributed by atoms with Gasteiger partial charge in [-0.1, -0.05) is 112 Å². The molecule has 37 heavy (non-hydrogen) atoms. The van der Waals surface area contributed by atoms with Gasteiger partial charge in [-0.15, -0.1) is 0 Å². The lowest BCUT2D eigenvalue weighted by Gasteiger charge is -2.32. The minimum absolute atomic E-state index is 0.0000776. The van der Waals surface area contributed by atoms with Crippen LogP contribution in [-0.4, -0.2) is 29.3 Å². The minimum Gasteiger partial charge on any atom is -0.354 e. The highest BCUT2D eigenvalue weighted by Gasteiger charge is 2.30. The molecule has 0 spiro atoms. The van der Waals surface area contributed by atoms with Gasteiger partial charge in [0, 0.05) is 25.9 Å². The maximum atomic E-state index is 13.8. The molecule has 4 heteroatoms.